The van der Waals surface area contributed by atoms with E-state index in [9.17, 15) is 0 Å². The maximum atomic E-state index is 4.36. The molecular weight excluding hydrogens is 266 g/mol. The van der Waals surface area contributed by atoms with Gasteiger partial charge >= 0.3 is 0 Å². The molecule has 7 heteroatoms. The molecule has 7 nitrogen and oxygen atoms in total. The first-order valence-electron chi connectivity index (χ1n) is 7.10. The van der Waals surface area contributed by atoms with Crippen LogP contribution in [0.2, 0.25) is 0 Å². The second-order valence-electron chi connectivity index (χ2n) is 5.40. The minimum atomic E-state index is 0.530. The highest BCUT2D eigenvalue weighted by Gasteiger charge is 2.19. The molecule has 1 fully saturated rings. The van der Waals surface area contributed by atoms with Crippen molar-refractivity contribution in [1.82, 2.24) is 29.7 Å². The lowest BCUT2D eigenvalue weighted by molar-refractivity contribution is 0.751. The highest BCUT2D eigenvalue weighted by Crippen LogP contribution is 2.28. The van der Waals surface area contributed by atoms with E-state index in [1.165, 1.54) is 5.56 Å². The number of hydrogen-bond donors (Lipinski definition) is 2. The van der Waals surface area contributed by atoms with Crippen LogP contribution < -0.4 is 10.6 Å². The summed E-state index contributed by atoms with van der Waals surface area (Å²) in [6.07, 6.45) is 6.72. The van der Waals surface area contributed by atoms with Crippen molar-refractivity contribution in [3.8, 4) is 0 Å². The maximum absolute atomic E-state index is 4.36. The molecular formula is C14H17N7. The molecule has 3 aromatic heterocycles. The molecule has 0 aromatic carbocycles. The summed E-state index contributed by atoms with van der Waals surface area (Å²) in [5, 5.41) is 15.4. The van der Waals surface area contributed by atoms with E-state index in [4.69, 9.17) is 0 Å². The van der Waals surface area contributed by atoms with Gasteiger partial charge in [0.25, 0.3) is 0 Å². The predicted octanol–water partition coefficient (Wildman–Crippen LogP) is 1.28. The number of pyridine rings is 1. The van der Waals surface area contributed by atoms with Gasteiger partial charge in [0.1, 0.15) is 6.33 Å². The van der Waals surface area contributed by atoms with Gasteiger partial charge in [0.15, 0.2) is 11.5 Å². The van der Waals surface area contributed by atoms with Crippen molar-refractivity contribution in [3.05, 3.63) is 36.4 Å². The van der Waals surface area contributed by atoms with Gasteiger partial charge in [0.2, 0.25) is 0 Å². The van der Waals surface area contributed by atoms with E-state index >= 15 is 0 Å². The van der Waals surface area contributed by atoms with Crippen LogP contribution in [0, 0.1) is 0 Å². The number of fused-ring (bicyclic) bond motifs is 1. The minimum absolute atomic E-state index is 0.530. The fourth-order valence-electron chi connectivity index (χ4n) is 2.82. The van der Waals surface area contributed by atoms with E-state index in [0.29, 0.717) is 5.92 Å². The van der Waals surface area contributed by atoms with Crippen LogP contribution in [0.5, 0.6) is 0 Å². The Morgan fingerprint density at radius 1 is 1.43 bits per heavy atom. The zero-order chi connectivity index (χ0) is 14.2. The van der Waals surface area contributed by atoms with Crippen molar-refractivity contribution in [1.29, 1.82) is 0 Å². The van der Waals surface area contributed by atoms with Gasteiger partial charge in [-0.1, -0.05) is 0 Å². The lowest BCUT2D eigenvalue weighted by Crippen LogP contribution is -2.09. The molecule has 0 spiro atoms. The first kappa shape index (κ1) is 12.3. The second-order valence-corrected chi connectivity index (χ2v) is 5.40. The van der Waals surface area contributed by atoms with Crippen LogP contribution in [0.4, 0.5) is 11.5 Å². The van der Waals surface area contributed by atoms with Crippen LogP contribution in [0.15, 0.2) is 30.9 Å². The Balaban J connectivity index is 1.76. The average Bonchev–Trinajstić information content (AvgIpc) is 3.18. The van der Waals surface area contributed by atoms with Gasteiger partial charge in [-0.2, -0.15) is 10.2 Å². The molecule has 0 radical (unpaired) electrons. The lowest BCUT2D eigenvalue weighted by atomic mass is 10.00. The molecule has 0 amide bonds. The number of aromatic nitrogens is 5. The molecule has 4 heterocycles. The van der Waals surface area contributed by atoms with Crippen molar-refractivity contribution >= 4 is 17.2 Å². The molecule has 2 N–H and O–H groups in total. The predicted molar refractivity (Wildman–Crippen MR) is 79.7 cm³/mol. The van der Waals surface area contributed by atoms with Crippen molar-refractivity contribution in [3.63, 3.8) is 0 Å². The van der Waals surface area contributed by atoms with Crippen molar-refractivity contribution in [2.24, 2.45) is 7.05 Å². The average molecular weight is 283 g/mol. The molecule has 1 aliphatic rings. The fraction of sp³-hybridized carbons (Fsp3) is 0.357. The molecule has 4 rings (SSSR count). The lowest BCUT2D eigenvalue weighted by Gasteiger charge is -2.12. The Bertz CT molecular complexity index is 767. The standard InChI is InChI=1S/C14H17N7/c1-20-5-3-13(19-20)18-12-6-11(10-2-4-15-7-10)8-21-14(12)16-9-17-21/h3,5-6,8-10,15H,2,4,7H2,1H3,(H,18,19)/t10-/m0/s1. The number of rotatable bonds is 3. The summed E-state index contributed by atoms with van der Waals surface area (Å²) < 4.78 is 3.60. The first-order chi connectivity index (χ1) is 10.3. The largest absolute Gasteiger partial charge is 0.336 e. The topological polar surface area (TPSA) is 72.1 Å². The summed E-state index contributed by atoms with van der Waals surface area (Å²) in [6.45, 7) is 2.09. The van der Waals surface area contributed by atoms with Gasteiger partial charge in [-0.05, 0) is 30.5 Å². The number of nitrogens with zero attached hydrogens (tertiary/aromatic N) is 5. The van der Waals surface area contributed by atoms with Crippen LogP contribution in [0.25, 0.3) is 5.65 Å². The summed E-state index contributed by atoms with van der Waals surface area (Å²) in [6, 6.07) is 4.10. The van der Waals surface area contributed by atoms with Gasteiger partial charge in [-0.3, -0.25) is 4.68 Å². The Labute approximate surface area is 122 Å². The van der Waals surface area contributed by atoms with Gasteiger partial charge in [0, 0.05) is 32.1 Å². The third-order valence-electron chi connectivity index (χ3n) is 3.90. The van der Waals surface area contributed by atoms with E-state index in [1.807, 2.05) is 23.8 Å². The third-order valence-corrected chi connectivity index (χ3v) is 3.90. The maximum Gasteiger partial charge on any atom is 0.178 e. The Morgan fingerprint density at radius 2 is 2.38 bits per heavy atom. The molecule has 0 saturated carbocycles. The van der Waals surface area contributed by atoms with Crippen LogP contribution in [-0.2, 0) is 7.05 Å². The summed E-state index contributed by atoms with van der Waals surface area (Å²) in [5.74, 6) is 1.34. The van der Waals surface area contributed by atoms with Crippen molar-refractivity contribution < 1.29 is 0 Å². The van der Waals surface area contributed by atoms with Gasteiger partial charge in [-0.15, -0.1) is 0 Å². The zero-order valence-corrected chi connectivity index (χ0v) is 11.8. The number of anilines is 2. The molecule has 3 aromatic rings. The SMILES string of the molecule is Cn1ccc(Nc2cc([C@H]3CCNC3)cn3ncnc23)n1. The van der Waals surface area contributed by atoms with Crippen LogP contribution in [-0.4, -0.2) is 37.5 Å². The van der Waals surface area contributed by atoms with Crippen molar-refractivity contribution in [2.75, 3.05) is 18.4 Å². The first-order valence-corrected chi connectivity index (χ1v) is 7.10. The summed E-state index contributed by atoms with van der Waals surface area (Å²) in [7, 11) is 1.90. The van der Waals surface area contributed by atoms with Gasteiger partial charge < -0.3 is 10.6 Å². The normalized spacial score (nSPS) is 18.4. The third kappa shape index (κ3) is 2.25. The Kier molecular flexibility index (Phi) is 2.85. The van der Waals surface area contributed by atoms with E-state index in [-0.39, 0.29) is 0 Å². The summed E-state index contributed by atoms with van der Waals surface area (Å²) >= 11 is 0. The molecule has 0 bridgehead atoms. The van der Waals surface area contributed by atoms with Gasteiger partial charge in [0.05, 0.1) is 5.69 Å². The fourth-order valence-corrected chi connectivity index (χ4v) is 2.82. The molecule has 1 atom stereocenters. The van der Waals surface area contributed by atoms with E-state index in [2.05, 4.69) is 38.1 Å². The quantitative estimate of drug-likeness (QED) is 0.757. The highest BCUT2D eigenvalue weighted by molar-refractivity contribution is 5.72. The molecule has 0 unspecified atom stereocenters. The number of aryl methyl sites for hydroxylation is 1. The number of hydrogen-bond acceptors (Lipinski definition) is 5. The van der Waals surface area contributed by atoms with Crippen LogP contribution in [0.3, 0.4) is 0 Å². The molecule has 1 aliphatic heterocycles. The molecule has 1 saturated heterocycles. The van der Waals surface area contributed by atoms with Crippen molar-refractivity contribution in [2.45, 2.75) is 12.3 Å². The Morgan fingerprint density at radius 3 is 3.14 bits per heavy atom. The van der Waals surface area contributed by atoms with Crippen LogP contribution >= 0.6 is 0 Å². The zero-order valence-electron chi connectivity index (χ0n) is 11.8. The number of nitrogens with one attached hydrogen (secondary N) is 2. The van der Waals surface area contributed by atoms with Crippen LogP contribution in [0.1, 0.15) is 17.9 Å². The monoisotopic (exact) mass is 283 g/mol. The molecule has 0 aliphatic carbocycles. The van der Waals surface area contributed by atoms with Gasteiger partial charge in [-0.25, -0.2) is 9.50 Å². The summed E-state index contributed by atoms with van der Waals surface area (Å²) in [4.78, 5) is 4.33. The summed E-state index contributed by atoms with van der Waals surface area (Å²) in [5.41, 5.74) is 3.03. The minimum Gasteiger partial charge on any atom is -0.336 e. The smallest absolute Gasteiger partial charge is 0.178 e. The molecule has 108 valence electrons. The van der Waals surface area contributed by atoms with E-state index in [1.54, 1.807) is 11.0 Å². The Hall–Kier alpha value is -2.41. The van der Waals surface area contributed by atoms with E-state index < -0.39 is 0 Å². The second kappa shape index (κ2) is 4.85. The van der Waals surface area contributed by atoms with E-state index in [0.717, 1.165) is 36.7 Å². The molecule has 21 heavy (non-hydrogen) atoms. The highest BCUT2D eigenvalue weighted by atomic mass is 15.3.